The van der Waals surface area contributed by atoms with Crippen molar-refractivity contribution in [3.63, 3.8) is 0 Å². The zero-order valence-corrected chi connectivity index (χ0v) is 9.83. The van der Waals surface area contributed by atoms with Crippen LogP contribution in [0.4, 0.5) is 0 Å². The number of carbonyl (C=O) groups is 2. The Morgan fingerprint density at radius 1 is 1.50 bits per heavy atom. The van der Waals surface area contributed by atoms with Gasteiger partial charge in [-0.2, -0.15) is 5.26 Å². The number of hydrogen-bond acceptors (Lipinski definition) is 3. The Labute approximate surface area is 95.0 Å². The number of rotatable bonds is 3. The van der Waals surface area contributed by atoms with Gasteiger partial charge in [-0.1, -0.05) is 6.92 Å². The summed E-state index contributed by atoms with van der Waals surface area (Å²) in [6, 6.07) is 2.04. The molecule has 0 spiro atoms. The number of carbonyl (C=O) groups excluding carboxylic acids is 2. The molecule has 0 saturated heterocycles. The van der Waals surface area contributed by atoms with Crippen molar-refractivity contribution < 1.29 is 9.59 Å². The molecule has 0 aromatic carbocycles. The van der Waals surface area contributed by atoms with Gasteiger partial charge in [0.25, 0.3) is 0 Å². The van der Waals surface area contributed by atoms with E-state index >= 15 is 0 Å². The number of hydrogen-bond donors (Lipinski definition) is 2. The summed E-state index contributed by atoms with van der Waals surface area (Å²) >= 11 is 0. The Bertz CT molecular complexity index is 362. The minimum absolute atomic E-state index is 0.377. The van der Waals surface area contributed by atoms with Gasteiger partial charge in [-0.15, -0.1) is 0 Å². The fraction of sp³-hybridized carbons (Fsp3) is 0.727. The van der Waals surface area contributed by atoms with E-state index < -0.39 is 22.8 Å². The molecule has 1 aliphatic rings. The second-order valence-corrected chi connectivity index (χ2v) is 5.15. The Morgan fingerprint density at radius 3 is 2.31 bits per heavy atom. The quantitative estimate of drug-likeness (QED) is 0.720. The largest absolute Gasteiger partial charge is 0.368 e. The van der Waals surface area contributed by atoms with Crippen molar-refractivity contribution in [2.45, 2.75) is 39.2 Å². The molecule has 88 valence electrons. The number of nitrogens with two attached hydrogens (primary N) is 1. The molecule has 1 aliphatic carbocycles. The minimum Gasteiger partial charge on any atom is -0.368 e. The Morgan fingerprint density at radius 2 is 2.00 bits per heavy atom. The molecule has 1 fully saturated rings. The third-order valence-electron chi connectivity index (χ3n) is 3.08. The fourth-order valence-corrected chi connectivity index (χ4v) is 1.92. The monoisotopic (exact) mass is 223 g/mol. The van der Waals surface area contributed by atoms with E-state index in [0.29, 0.717) is 18.8 Å². The molecular weight excluding hydrogens is 206 g/mol. The summed E-state index contributed by atoms with van der Waals surface area (Å²) in [6.45, 7) is 5.04. The molecule has 5 heteroatoms. The molecule has 0 bridgehead atoms. The Balaban J connectivity index is 2.74. The van der Waals surface area contributed by atoms with E-state index in [1.165, 1.54) is 13.8 Å². The SMILES string of the molecule is CC1CC(C#N)(C(=O)NC(C)(C)C(N)=O)C1. The van der Waals surface area contributed by atoms with Gasteiger partial charge in [-0.05, 0) is 32.6 Å². The van der Waals surface area contributed by atoms with Gasteiger partial charge in [0.1, 0.15) is 11.0 Å². The van der Waals surface area contributed by atoms with E-state index in [1.54, 1.807) is 0 Å². The smallest absolute Gasteiger partial charge is 0.242 e. The molecule has 0 aromatic heterocycles. The highest BCUT2D eigenvalue weighted by Crippen LogP contribution is 2.45. The van der Waals surface area contributed by atoms with E-state index in [-0.39, 0.29) is 0 Å². The van der Waals surface area contributed by atoms with E-state index in [9.17, 15) is 9.59 Å². The van der Waals surface area contributed by atoms with Crippen LogP contribution in [0.5, 0.6) is 0 Å². The summed E-state index contributed by atoms with van der Waals surface area (Å²) in [5.41, 5.74) is 3.08. The van der Waals surface area contributed by atoms with E-state index in [2.05, 4.69) is 5.32 Å². The maximum atomic E-state index is 11.9. The van der Waals surface area contributed by atoms with Crippen molar-refractivity contribution in [2.75, 3.05) is 0 Å². The molecule has 1 saturated carbocycles. The first-order valence-electron chi connectivity index (χ1n) is 5.27. The van der Waals surface area contributed by atoms with Crippen LogP contribution in [0.25, 0.3) is 0 Å². The zero-order chi connectivity index (χ0) is 12.6. The van der Waals surface area contributed by atoms with Gasteiger partial charge < -0.3 is 11.1 Å². The topological polar surface area (TPSA) is 96.0 Å². The van der Waals surface area contributed by atoms with Crippen LogP contribution < -0.4 is 11.1 Å². The van der Waals surface area contributed by atoms with Crippen LogP contribution in [0.15, 0.2) is 0 Å². The van der Waals surface area contributed by atoms with Crippen molar-refractivity contribution in [2.24, 2.45) is 17.1 Å². The molecule has 1 rings (SSSR count). The number of amides is 2. The maximum Gasteiger partial charge on any atom is 0.242 e. The predicted octanol–water partition coefficient (Wildman–Crippen LogP) is 0.306. The molecule has 0 unspecified atom stereocenters. The average molecular weight is 223 g/mol. The number of primary amides is 1. The third kappa shape index (κ3) is 2.01. The van der Waals surface area contributed by atoms with Crippen molar-refractivity contribution in [3.05, 3.63) is 0 Å². The fourth-order valence-electron chi connectivity index (χ4n) is 1.92. The van der Waals surface area contributed by atoms with Crippen molar-refractivity contribution in [1.29, 1.82) is 5.26 Å². The van der Waals surface area contributed by atoms with Crippen molar-refractivity contribution in [1.82, 2.24) is 5.32 Å². The van der Waals surface area contributed by atoms with Crippen LogP contribution in [0.1, 0.15) is 33.6 Å². The van der Waals surface area contributed by atoms with E-state index in [1.807, 2.05) is 13.0 Å². The summed E-state index contributed by atoms with van der Waals surface area (Å²) in [6.07, 6.45) is 1.09. The molecule has 2 amide bonds. The summed E-state index contributed by atoms with van der Waals surface area (Å²) in [5, 5.41) is 11.6. The van der Waals surface area contributed by atoms with Gasteiger partial charge in [-0.3, -0.25) is 9.59 Å². The minimum atomic E-state index is -1.11. The lowest BCUT2D eigenvalue weighted by Crippen LogP contribution is -2.59. The summed E-state index contributed by atoms with van der Waals surface area (Å²) in [4.78, 5) is 23.0. The van der Waals surface area contributed by atoms with Crippen LogP contribution in [-0.4, -0.2) is 17.4 Å². The normalized spacial score (nSPS) is 28.8. The molecule has 0 aliphatic heterocycles. The molecule has 3 N–H and O–H groups in total. The van der Waals surface area contributed by atoms with Crippen LogP contribution in [0, 0.1) is 22.7 Å². The van der Waals surface area contributed by atoms with Gasteiger partial charge in [0.2, 0.25) is 11.8 Å². The van der Waals surface area contributed by atoms with Crippen LogP contribution >= 0.6 is 0 Å². The van der Waals surface area contributed by atoms with Gasteiger partial charge >= 0.3 is 0 Å². The van der Waals surface area contributed by atoms with Gasteiger partial charge in [0.15, 0.2) is 0 Å². The Hall–Kier alpha value is -1.57. The van der Waals surface area contributed by atoms with Crippen molar-refractivity contribution >= 4 is 11.8 Å². The van der Waals surface area contributed by atoms with Crippen LogP contribution in [0.2, 0.25) is 0 Å². The first kappa shape index (κ1) is 12.5. The molecule has 0 atom stereocenters. The van der Waals surface area contributed by atoms with Gasteiger partial charge in [0, 0.05) is 0 Å². The lowest BCUT2D eigenvalue weighted by Gasteiger charge is -2.40. The zero-order valence-electron chi connectivity index (χ0n) is 9.83. The standard InChI is InChI=1S/C11H17N3O2/c1-7-4-11(5-7,6-12)9(16)14-10(2,3)8(13)15/h7H,4-5H2,1-3H3,(H2,13,15)(H,14,16). The summed E-state index contributed by atoms with van der Waals surface area (Å²) in [5.74, 6) is -0.625. The maximum absolute atomic E-state index is 11.9. The van der Waals surface area contributed by atoms with Gasteiger partial charge in [-0.25, -0.2) is 0 Å². The highest BCUT2D eigenvalue weighted by molar-refractivity contribution is 5.93. The lowest BCUT2D eigenvalue weighted by molar-refractivity contribution is -0.139. The van der Waals surface area contributed by atoms with Crippen LogP contribution in [0.3, 0.4) is 0 Å². The molecule has 0 aromatic rings. The third-order valence-corrected chi connectivity index (χ3v) is 3.08. The number of nitrogens with one attached hydrogen (secondary N) is 1. The average Bonchev–Trinajstić information content (AvgIpc) is 2.11. The van der Waals surface area contributed by atoms with Crippen molar-refractivity contribution in [3.8, 4) is 6.07 Å². The summed E-state index contributed by atoms with van der Waals surface area (Å²) in [7, 11) is 0. The number of nitrogens with zero attached hydrogens (tertiary/aromatic N) is 1. The first-order chi connectivity index (χ1) is 7.23. The lowest BCUT2D eigenvalue weighted by atomic mass is 9.63. The number of nitriles is 1. The highest BCUT2D eigenvalue weighted by atomic mass is 16.2. The molecule has 0 heterocycles. The van der Waals surface area contributed by atoms with Gasteiger partial charge in [0.05, 0.1) is 6.07 Å². The molecular formula is C11H17N3O2. The molecule has 0 radical (unpaired) electrons. The van der Waals surface area contributed by atoms with Crippen LogP contribution in [-0.2, 0) is 9.59 Å². The van der Waals surface area contributed by atoms with E-state index in [4.69, 9.17) is 11.0 Å². The molecule has 16 heavy (non-hydrogen) atoms. The summed E-state index contributed by atoms with van der Waals surface area (Å²) < 4.78 is 0. The predicted molar refractivity (Wildman–Crippen MR) is 57.9 cm³/mol. The highest BCUT2D eigenvalue weighted by Gasteiger charge is 2.50. The Kier molecular flexibility index (Phi) is 2.95. The molecule has 5 nitrogen and oxygen atoms in total. The van der Waals surface area contributed by atoms with E-state index in [0.717, 1.165) is 0 Å². The second kappa shape index (κ2) is 3.78. The second-order valence-electron chi connectivity index (χ2n) is 5.15. The first-order valence-corrected chi connectivity index (χ1v) is 5.27.